The molecule has 0 spiro atoms. The Kier molecular flexibility index (Phi) is 4.70. The average molecular weight is 295 g/mol. The van der Waals surface area contributed by atoms with E-state index in [0.717, 1.165) is 18.2 Å². The van der Waals surface area contributed by atoms with Gasteiger partial charge in [-0.25, -0.2) is 13.6 Å². The Morgan fingerprint density at radius 1 is 1.38 bits per heavy atom. The zero-order valence-corrected chi connectivity index (χ0v) is 11.7. The number of nitrogens with one attached hydrogen (secondary N) is 1. The third-order valence-corrected chi connectivity index (χ3v) is 3.14. The highest BCUT2D eigenvalue weighted by Gasteiger charge is 2.17. The molecule has 0 aliphatic heterocycles. The highest BCUT2D eigenvalue weighted by atomic mass is 19.1. The van der Waals surface area contributed by atoms with Crippen molar-refractivity contribution >= 4 is 5.97 Å². The first-order chi connectivity index (χ1) is 10.0. The van der Waals surface area contributed by atoms with Gasteiger partial charge in [-0.05, 0) is 31.2 Å². The number of hydrogen-bond donors (Lipinski definition) is 1. The van der Waals surface area contributed by atoms with E-state index in [0.29, 0.717) is 5.56 Å². The third kappa shape index (κ3) is 3.46. The summed E-state index contributed by atoms with van der Waals surface area (Å²) < 4.78 is 36.5. The van der Waals surface area contributed by atoms with E-state index >= 15 is 0 Å². The predicted molar refractivity (Wildman–Crippen MR) is 71.7 cm³/mol. The minimum absolute atomic E-state index is 0.0944. The van der Waals surface area contributed by atoms with Crippen LogP contribution >= 0.6 is 0 Å². The molecule has 1 unspecified atom stereocenters. The van der Waals surface area contributed by atoms with Crippen molar-refractivity contribution in [2.45, 2.75) is 19.5 Å². The normalized spacial score (nSPS) is 12.2. The minimum atomic E-state index is -0.582. The monoisotopic (exact) mass is 295 g/mol. The van der Waals surface area contributed by atoms with Crippen LogP contribution in [0.4, 0.5) is 8.78 Å². The molecule has 1 aromatic carbocycles. The molecule has 2 rings (SSSR count). The number of carbonyl (C=O) groups excluding carboxylic acids is 1. The van der Waals surface area contributed by atoms with Crippen LogP contribution in [0.2, 0.25) is 0 Å². The summed E-state index contributed by atoms with van der Waals surface area (Å²) in [5.74, 6) is -1.48. The fraction of sp³-hybridized carbons (Fsp3) is 0.267. The standard InChI is InChI=1S/C15H15F2NO3/c1-9(12-7-11(16)3-4-13(12)17)18-8-10-5-6-21-14(10)15(19)20-2/h3-7,9,18H,8H2,1-2H3. The molecule has 0 amide bonds. The van der Waals surface area contributed by atoms with Crippen LogP contribution < -0.4 is 5.32 Å². The topological polar surface area (TPSA) is 51.5 Å². The molecule has 112 valence electrons. The molecule has 0 fully saturated rings. The second-order valence-corrected chi connectivity index (χ2v) is 4.53. The van der Waals surface area contributed by atoms with Crippen molar-refractivity contribution in [3.05, 3.63) is 59.1 Å². The molecule has 21 heavy (non-hydrogen) atoms. The van der Waals surface area contributed by atoms with Gasteiger partial charge < -0.3 is 14.5 Å². The lowest BCUT2D eigenvalue weighted by atomic mass is 10.1. The van der Waals surface area contributed by atoms with Gasteiger partial charge in [0.1, 0.15) is 11.6 Å². The molecule has 0 bridgehead atoms. The Labute approximate surface area is 120 Å². The number of halogens is 2. The number of methoxy groups -OCH3 is 1. The lowest BCUT2D eigenvalue weighted by Gasteiger charge is -2.15. The lowest BCUT2D eigenvalue weighted by molar-refractivity contribution is 0.0563. The summed E-state index contributed by atoms with van der Waals surface area (Å²) >= 11 is 0. The molecule has 0 aliphatic rings. The van der Waals surface area contributed by atoms with E-state index in [1.54, 1.807) is 13.0 Å². The van der Waals surface area contributed by atoms with Crippen LogP contribution in [0.25, 0.3) is 0 Å². The summed E-state index contributed by atoms with van der Waals surface area (Å²) in [7, 11) is 1.26. The Morgan fingerprint density at radius 2 is 2.14 bits per heavy atom. The molecular formula is C15H15F2NO3. The molecule has 1 atom stereocenters. The maximum absolute atomic E-state index is 13.6. The van der Waals surface area contributed by atoms with Crippen molar-refractivity contribution in [3.63, 3.8) is 0 Å². The van der Waals surface area contributed by atoms with Gasteiger partial charge in [-0.2, -0.15) is 0 Å². The van der Waals surface area contributed by atoms with Crippen molar-refractivity contribution in [2.24, 2.45) is 0 Å². The number of benzene rings is 1. The first-order valence-corrected chi connectivity index (χ1v) is 6.36. The van der Waals surface area contributed by atoms with E-state index in [-0.39, 0.29) is 17.9 Å². The van der Waals surface area contributed by atoms with Crippen LogP contribution in [0.3, 0.4) is 0 Å². The van der Waals surface area contributed by atoms with Gasteiger partial charge >= 0.3 is 5.97 Å². The summed E-state index contributed by atoms with van der Waals surface area (Å²) in [5, 5.41) is 3.01. The Morgan fingerprint density at radius 3 is 2.86 bits per heavy atom. The molecule has 0 radical (unpaired) electrons. The lowest BCUT2D eigenvalue weighted by Crippen LogP contribution is -2.20. The number of furan rings is 1. The molecule has 1 aromatic heterocycles. The number of rotatable bonds is 5. The van der Waals surface area contributed by atoms with Gasteiger partial charge in [-0.15, -0.1) is 0 Å². The second-order valence-electron chi connectivity index (χ2n) is 4.53. The van der Waals surface area contributed by atoms with Crippen molar-refractivity contribution in [3.8, 4) is 0 Å². The van der Waals surface area contributed by atoms with Gasteiger partial charge in [-0.3, -0.25) is 0 Å². The predicted octanol–water partition coefficient (Wildman–Crippen LogP) is 3.20. The Balaban J connectivity index is 2.08. The molecule has 0 saturated heterocycles. The maximum atomic E-state index is 13.6. The van der Waals surface area contributed by atoms with Crippen LogP contribution in [-0.4, -0.2) is 13.1 Å². The highest BCUT2D eigenvalue weighted by molar-refractivity contribution is 5.87. The molecular weight excluding hydrogens is 280 g/mol. The molecule has 0 aliphatic carbocycles. The van der Waals surface area contributed by atoms with Gasteiger partial charge in [0, 0.05) is 23.7 Å². The first-order valence-electron chi connectivity index (χ1n) is 6.36. The summed E-state index contributed by atoms with van der Waals surface area (Å²) in [6.07, 6.45) is 1.37. The maximum Gasteiger partial charge on any atom is 0.374 e. The largest absolute Gasteiger partial charge is 0.463 e. The Hall–Kier alpha value is -2.21. The van der Waals surface area contributed by atoms with E-state index in [1.807, 2.05) is 0 Å². The van der Waals surface area contributed by atoms with Crippen molar-refractivity contribution in [2.75, 3.05) is 7.11 Å². The van der Waals surface area contributed by atoms with Crippen LogP contribution in [0.15, 0.2) is 34.9 Å². The van der Waals surface area contributed by atoms with E-state index < -0.39 is 23.6 Å². The van der Waals surface area contributed by atoms with E-state index in [1.165, 1.54) is 13.4 Å². The molecule has 6 heteroatoms. The Bertz CT molecular complexity index is 640. The summed E-state index contributed by atoms with van der Waals surface area (Å²) in [6, 6.07) is 4.48. The fourth-order valence-electron chi connectivity index (χ4n) is 1.97. The average Bonchev–Trinajstić information content (AvgIpc) is 2.95. The number of esters is 1. The second kappa shape index (κ2) is 6.49. The van der Waals surface area contributed by atoms with Crippen LogP contribution in [0, 0.1) is 11.6 Å². The van der Waals surface area contributed by atoms with Crippen molar-refractivity contribution in [1.82, 2.24) is 5.32 Å². The number of hydrogen-bond acceptors (Lipinski definition) is 4. The molecule has 1 heterocycles. The smallest absolute Gasteiger partial charge is 0.374 e. The zero-order chi connectivity index (χ0) is 15.4. The zero-order valence-electron chi connectivity index (χ0n) is 11.7. The fourth-order valence-corrected chi connectivity index (χ4v) is 1.97. The van der Waals surface area contributed by atoms with E-state index in [4.69, 9.17) is 4.42 Å². The van der Waals surface area contributed by atoms with E-state index in [2.05, 4.69) is 10.1 Å². The summed E-state index contributed by atoms with van der Waals surface area (Å²) in [5.41, 5.74) is 0.809. The number of carbonyl (C=O) groups is 1. The van der Waals surface area contributed by atoms with Gasteiger partial charge in [0.05, 0.1) is 13.4 Å². The van der Waals surface area contributed by atoms with Gasteiger partial charge in [0.2, 0.25) is 5.76 Å². The molecule has 1 N–H and O–H groups in total. The van der Waals surface area contributed by atoms with Crippen LogP contribution in [-0.2, 0) is 11.3 Å². The van der Waals surface area contributed by atoms with Gasteiger partial charge in [0.15, 0.2) is 0 Å². The molecule has 4 nitrogen and oxygen atoms in total. The van der Waals surface area contributed by atoms with Crippen molar-refractivity contribution < 1.29 is 22.7 Å². The third-order valence-electron chi connectivity index (χ3n) is 3.14. The quantitative estimate of drug-likeness (QED) is 0.861. The summed E-state index contributed by atoms with van der Waals surface area (Å²) in [4.78, 5) is 11.5. The minimum Gasteiger partial charge on any atom is -0.463 e. The first kappa shape index (κ1) is 15.2. The van der Waals surface area contributed by atoms with E-state index in [9.17, 15) is 13.6 Å². The highest BCUT2D eigenvalue weighted by Crippen LogP contribution is 2.19. The SMILES string of the molecule is COC(=O)c1occc1CNC(C)c1cc(F)ccc1F. The van der Waals surface area contributed by atoms with Crippen molar-refractivity contribution in [1.29, 1.82) is 0 Å². The molecule has 0 saturated carbocycles. The number of ether oxygens (including phenoxy) is 1. The van der Waals surface area contributed by atoms with Crippen LogP contribution in [0.5, 0.6) is 0 Å². The van der Waals surface area contributed by atoms with Crippen LogP contribution in [0.1, 0.15) is 34.6 Å². The van der Waals surface area contributed by atoms with Gasteiger partial charge in [0.25, 0.3) is 0 Å². The molecule has 2 aromatic rings. The van der Waals surface area contributed by atoms with Gasteiger partial charge in [-0.1, -0.05) is 0 Å². The summed E-state index contributed by atoms with van der Waals surface area (Å²) in [6.45, 7) is 1.97.